The lowest BCUT2D eigenvalue weighted by Crippen LogP contribution is -2.01. The van der Waals surface area contributed by atoms with Crippen molar-refractivity contribution >= 4 is 11.0 Å². The van der Waals surface area contributed by atoms with E-state index in [4.69, 9.17) is 4.42 Å². The molecule has 0 amide bonds. The first-order valence-corrected chi connectivity index (χ1v) is 6.43. The minimum atomic E-state index is 1.01. The van der Waals surface area contributed by atoms with E-state index in [-0.39, 0.29) is 0 Å². The van der Waals surface area contributed by atoms with Crippen molar-refractivity contribution in [1.82, 2.24) is 0 Å². The number of benzene rings is 2. The summed E-state index contributed by atoms with van der Waals surface area (Å²) in [7, 11) is 0. The molecule has 18 heavy (non-hydrogen) atoms. The van der Waals surface area contributed by atoms with Crippen LogP contribution in [-0.4, -0.2) is 0 Å². The van der Waals surface area contributed by atoms with Gasteiger partial charge in [-0.2, -0.15) is 0 Å². The molecular formula is C17H14O. The first-order chi connectivity index (χ1) is 8.83. The molecule has 1 aliphatic rings. The van der Waals surface area contributed by atoms with E-state index in [1.807, 2.05) is 0 Å². The van der Waals surface area contributed by atoms with E-state index in [1.165, 1.54) is 27.6 Å². The van der Waals surface area contributed by atoms with Crippen LogP contribution in [0.4, 0.5) is 0 Å². The molecule has 1 heteroatoms. The maximum Gasteiger partial charge on any atom is 0.134 e. The van der Waals surface area contributed by atoms with Crippen molar-refractivity contribution in [3.8, 4) is 11.1 Å². The monoisotopic (exact) mass is 234 g/mol. The highest BCUT2D eigenvalue weighted by Crippen LogP contribution is 2.40. The molecule has 0 fully saturated rings. The van der Waals surface area contributed by atoms with Gasteiger partial charge in [0.1, 0.15) is 11.3 Å². The smallest absolute Gasteiger partial charge is 0.134 e. The van der Waals surface area contributed by atoms with Gasteiger partial charge in [-0.25, -0.2) is 0 Å². The maximum absolute atomic E-state index is 6.00. The Bertz CT molecular complexity index is 749. The highest BCUT2D eigenvalue weighted by Gasteiger charge is 2.22. The molecule has 0 saturated carbocycles. The Morgan fingerprint density at radius 1 is 1.00 bits per heavy atom. The zero-order chi connectivity index (χ0) is 12.1. The summed E-state index contributed by atoms with van der Waals surface area (Å²) in [5.74, 6) is 1.15. The van der Waals surface area contributed by atoms with Crippen LogP contribution in [-0.2, 0) is 12.8 Å². The summed E-state index contributed by atoms with van der Waals surface area (Å²) in [6.45, 7) is 2.13. The van der Waals surface area contributed by atoms with E-state index >= 15 is 0 Å². The van der Waals surface area contributed by atoms with Crippen molar-refractivity contribution < 1.29 is 4.42 Å². The second kappa shape index (κ2) is 3.49. The quantitative estimate of drug-likeness (QED) is 0.558. The van der Waals surface area contributed by atoms with Crippen molar-refractivity contribution in [3.05, 3.63) is 59.4 Å². The average molecular weight is 234 g/mol. The summed E-state index contributed by atoms with van der Waals surface area (Å²) >= 11 is 0. The molecule has 3 aromatic rings. The summed E-state index contributed by atoms with van der Waals surface area (Å²) in [4.78, 5) is 0. The maximum atomic E-state index is 6.00. The van der Waals surface area contributed by atoms with Crippen molar-refractivity contribution in [3.63, 3.8) is 0 Å². The van der Waals surface area contributed by atoms with E-state index in [0.29, 0.717) is 0 Å². The van der Waals surface area contributed by atoms with E-state index in [9.17, 15) is 0 Å². The predicted molar refractivity (Wildman–Crippen MR) is 73.8 cm³/mol. The molecule has 0 radical (unpaired) electrons. The van der Waals surface area contributed by atoms with Crippen molar-refractivity contribution in [2.75, 3.05) is 0 Å². The molecule has 0 saturated heterocycles. The van der Waals surface area contributed by atoms with Gasteiger partial charge in [-0.1, -0.05) is 35.9 Å². The number of rotatable bonds is 0. The first-order valence-electron chi connectivity index (χ1n) is 6.43. The lowest BCUT2D eigenvalue weighted by atomic mass is 9.88. The van der Waals surface area contributed by atoms with E-state index in [0.717, 1.165) is 24.2 Å². The largest absolute Gasteiger partial charge is 0.460 e. The van der Waals surface area contributed by atoms with Gasteiger partial charge in [-0.05, 0) is 36.6 Å². The van der Waals surface area contributed by atoms with Gasteiger partial charge in [0.15, 0.2) is 0 Å². The molecule has 0 N–H and O–H groups in total. The van der Waals surface area contributed by atoms with Gasteiger partial charge < -0.3 is 4.42 Å². The fourth-order valence-corrected chi connectivity index (χ4v) is 2.96. The zero-order valence-corrected chi connectivity index (χ0v) is 10.4. The van der Waals surface area contributed by atoms with Crippen LogP contribution in [0.5, 0.6) is 0 Å². The fraction of sp³-hybridized carbons (Fsp3) is 0.176. The molecule has 0 unspecified atom stereocenters. The topological polar surface area (TPSA) is 13.1 Å². The van der Waals surface area contributed by atoms with Gasteiger partial charge in [-0.15, -0.1) is 0 Å². The highest BCUT2D eigenvalue weighted by molar-refractivity contribution is 5.97. The Kier molecular flexibility index (Phi) is 1.93. The Balaban J connectivity index is 2.13. The van der Waals surface area contributed by atoms with Crippen LogP contribution in [0.2, 0.25) is 0 Å². The van der Waals surface area contributed by atoms with Gasteiger partial charge >= 0.3 is 0 Å². The third kappa shape index (κ3) is 1.28. The van der Waals surface area contributed by atoms with Crippen LogP contribution in [0.1, 0.15) is 16.9 Å². The zero-order valence-electron chi connectivity index (χ0n) is 10.4. The van der Waals surface area contributed by atoms with Crippen LogP contribution >= 0.6 is 0 Å². The van der Waals surface area contributed by atoms with Crippen molar-refractivity contribution in [2.24, 2.45) is 0 Å². The van der Waals surface area contributed by atoms with Crippen molar-refractivity contribution in [2.45, 2.75) is 19.8 Å². The standard InChI is InChI=1S/C17H14O/c1-11-6-8-15-14(10-11)17-13-5-3-2-4-12(13)7-9-16(17)18-15/h2-6,8,10H,7,9H2,1H3. The van der Waals surface area contributed by atoms with Crippen LogP contribution in [0.15, 0.2) is 46.9 Å². The lowest BCUT2D eigenvalue weighted by molar-refractivity contribution is 0.546. The van der Waals surface area contributed by atoms with E-state index < -0.39 is 0 Å². The molecule has 0 aliphatic heterocycles. The third-order valence-electron chi connectivity index (χ3n) is 3.82. The van der Waals surface area contributed by atoms with Gasteiger partial charge in [-0.3, -0.25) is 0 Å². The Morgan fingerprint density at radius 2 is 1.89 bits per heavy atom. The molecule has 0 bridgehead atoms. The summed E-state index contributed by atoms with van der Waals surface area (Å²) in [5.41, 5.74) is 6.41. The minimum absolute atomic E-state index is 1.01. The Labute approximate surface area is 106 Å². The van der Waals surface area contributed by atoms with Crippen LogP contribution < -0.4 is 0 Å². The Morgan fingerprint density at radius 3 is 2.83 bits per heavy atom. The molecule has 0 atom stereocenters. The highest BCUT2D eigenvalue weighted by atomic mass is 16.3. The lowest BCUT2D eigenvalue weighted by Gasteiger charge is -2.15. The molecule has 1 aliphatic carbocycles. The number of hydrogen-bond acceptors (Lipinski definition) is 1. The van der Waals surface area contributed by atoms with Crippen LogP contribution in [0.3, 0.4) is 0 Å². The first kappa shape index (κ1) is 9.95. The predicted octanol–water partition coefficient (Wildman–Crippen LogP) is 4.51. The summed E-state index contributed by atoms with van der Waals surface area (Å²) in [6, 6.07) is 15.1. The molecule has 4 rings (SSSR count). The van der Waals surface area contributed by atoms with Gasteiger partial charge in [0.2, 0.25) is 0 Å². The van der Waals surface area contributed by atoms with E-state index in [1.54, 1.807) is 0 Å². The summed E-state index contributed by atoms with van der Waals surface area (Å²) in [5, 5.41) is 1.26. The molecular weight excluding hydrogens is 220 g/mol. The van der Waals surface area contributed by atoms with Crippen LogP contribution in [0.25, 0.3) is 22.1 Å². The van der Waals surface area contributed by atoms with Crippen LogP contribution in [0, 0.1) is 6.92 Å². The van der Waals surface area contributed by atoms with Crippen molar-refractivity contribution in [1.29, 1.82) is 0 Å². The summed E-state index contributed by atoms with van der Waals surface area (Å²) in [6.07, 6.45) is 2.10. The molecule has 1 nitrogen and oxygen atoms in total. The molecule has 1 heterocycles. The SMILES string of the molecule is Cc1ccc2oc3c(c2c1)-c1ccccc1CC3. The second-order valence-corrected chi connectivity index (χ2v) is 5.06. The average Bonchev–Trinajstić information content (AvgIpc) is 2.77. The van der Waals surface area contributed by atoms with E-state index in [2.05, 4.69) is 49.4 Å². The fourth-order valence-electron chi connectivity index (χ4n) is 2.96. The Hall–Kier alpha value is -2.02. The number of aryl methyl sites for hydroxylation is 3. The third-order valence-corrected chi connectivity index (χ3v) is 3.82. The number of furan rings is 1. The normalized spacial score (nSPS) is 13.4. The minimum Gasteiger partial charge on any atom is -0.460 e. The van der Waals surface area contributed by atoms with Gasteiger partial charge in [0.25, 0.3) is 0 Å². The summed E-state index contributed by atoms with van der Waals surface area (Å²) < 4.78 is 6.00. The second-order valence-electron chi connectivity index (χ2n) is 5.06. The number of fused-ring (bicyclic) bond motifs is 5. The molecule has 1 aromatic heterocycles. The molecule has 88 valence electrons. The number of hydrogen-bond donors (Lipinski definition) is 0. The van der Waals surface area contributed by atoms with Gasteiger partial charge in [0.05, 0.1) is 0 Å². The molecule has 0 spiro atoms. The van der Waals surface area contributed by atoms with Gasteiger partial charge in [0, 0.05) is 17.4 Å². The molecule has 2 aromatic carbocycles.